The Morgan fingerprint density at radius 3 is 2.57 bits per heavy atom. The van der Waals surface area contributed by atoms with Crippen molar-refractivity contribution in [1.29, 1.82) is 0 Å². The van der Waals surface area contributed by atoms with Crippen LogP contribution in [0.2, 0.25) is 5.02 Å². The van der Waals surface area contributed by atoms with E-state index in [2.05, 4.69) is 10.6 Å². The Kier molecular flexibility index (Phi) is 5.96. The molecule has 0 radical (unpaired) electrons. The van der Waals surface area contributed by atoms with Crippen molar-refractivity contribution in [1.82, 2.24) is 5.32 Å². The second-order valence-electron chi connectivity index (χ2n) is 4.94. The quantitative estimate of drug-likeness (QED) is 0.641. The molecule has 0 aromatic heterocycles. The van der Waals surface area contributed by atoms with E-state index in [1.54, 1.807) is 18.2 Å². The Morgan fingerprint density at radius 2 is 1.91 bits per heavy atom. The number of esters is 1. The Labute approximate surface area is 145 Å². The fraction of sp³-hybridized carbons (Fsp3) is 0.176. The number of nitrogens with one attached hydrogen (secondary N) is 2. The van der Waals surface area contributed by atoms with Crippen LogP contribution in [0.3, 0.4) is 0 Å². The van der Waals surface area contributed by atoms with Crippen molar-refractivity contribution in [3.8, 4) is 0 Å². The molecular weight excluding hydrogens is 332 g/mol. The minimum absolute atomic E-state index is 0.0241. The normalized spacial score (nSPS) is 11.4. The number of carbonyl (C=O) groups excluding carboxylic acids is 1. The van der Waals surface area contributed by atoms with Gasteiger partial charge in [0.25, 0.3) is 0 Å². The zero-order chi connectivity index (χ0) is 16.8. The summed E-state index contributed by atoms with van der Waals surface area (Å²) < 4.78 is 4.70. The molecule has 23 heavy (non-hydrogen) atoms. The van der Waals surface area contributed by atoms with Crippen molar-refractivity contribution in [2.45, 2.75) is 13.0 Å². The maximum atomic E-state index is 11.5. The molecule has 2 aromatic carbocycles. The highest BCUT2D eigenvalue weighted by Crippen LogP contribution is 2.17. The van der Waals surface area contributed by atoms with E-state index < -0.39 is 0 Å². The SMILES string of the molecule is COC(=O)c1cccc(NC(=S)NC(C)c2ccc(Cl)cc2)c1. The molecule has 0 amide bonds. The Hall–Kier alpha value is -2.11. The van der Waals surface area contributed by atoms with Crippen LogP contribution in [0.1, 0.15) is 28.9 Å². The van der Waals surface area contributed by atoms with Gasteiger partial charge in [0.1, 0.15) is 0 Å². The van der Waals surface area contributed by atoms with Crippen LogP contribution in [0.15, 0.2) is 48.5 Å². The highest BCUT2D eigenvalue weighted by Gasteiger charge is 2.09. The van der Waals surface area contributed by atoms with Crippen LogP contribution in [0.5, 0.6) is 0 Å². The van der Waals surface area contributed by atoms with E-state index in [0.29, 0.717) is 21.4 Å². The van der Waals surface area contributed by atoms with E-state index in [1.165, 1.54) is 7.11 Å². The topological polar surface area (TPSA) is 50.4 Å². The molecule has 0 saturated carbocycles. The molecule has 0 aliphatic heterocycles. The number of anilines is 1. The lowest BCUT2D eigenvalue weighted by atomic mass is 10.1. The standard InChI is InChI=1S/C17H17ClN2O2S/c1-11(12-6-8-14(18)9-7-12)19-17(23)20-15-5-3-4-13(10-15)16(21)22-2/h3-11H,1-2H3,(H2,19,20,23). The summed E-state index contributed by atoms with van der Waals surface area (Å²) in [6, 6.07) is 14.6. The van der Waals surface area contributed by atoms with E-state index >= 15 is 0 Å². The molecule has 2 rings (SSSR count). The molecule has 120 valence electrons. The number of hydrogen-bond donors (Lipinski definition) is 2. The second kappa shape index (κ2) is 7.94. The number of thiocarbonyl (C=S) groups is 1. The van der Waals surface area contributed by atoms with Crippen molar-refractivity contribution >= 4 is 40.6 Å². The van der Waals surface area contributed by atoms with Gasteiger partial charge in [-0.25, -0.2) is 4.79 Å². The monoisotopic (exact) mass is 348 g/mol. The summed E-state index contributed by atoms with van der Waals surface area (Å²) >= 11 is 11.2. The number of methoxy groups -OCH3 is 1. The summed E-state index contributed by atoms with van der Waals surface area (Å²) in [6.45, 7) is 2.00. The summed E-state index contributed by atoms with van der Waals surface area (Å²) in [6.07, 6.45) is 0. The van der Waals surface area contributed by atoms with Gasteiger partial charge >= 0.3 is 5.97 Å². The summed E-state index contributed by atoms with van der Waals surface area (Å²) in [5.41, 5.74) is 2.25. The minimum atomic E-state index is -0.387. The van der Waals surface area contributed by atoms with Crippen molar-refractivity contribution < 1.29 is 9.53 Å². The van der Waals surface area contributed by atoms with Gasteiger partial charge in [0.15, 0.2) is 5.11 Å². The van der Waals surface area contributed by atoms with E-state index in [4.69, 9.17) is 28.6 Å². The lowest BCUT2D eigenvalue weighted by Gasteiger charge is -2.17. The lowest BCUT2D eigenvalue weighted by Crippen LogP contribution is -2.30. The summed E-state index contributed by atoms with van der Waals surface area (Å²) in [5.74, 6) is -0.387. The van der Waals surface area contributed by atoms with Crippen molar-refractivity contribution in [2.24, 2.45) is 0 Å². The minimum Gasteiger partial charge on any atom is -0.465 e. The molecule has 0 spiro atoms. The van der Waals surface area contributed by atoms with E-state index in [-0.39, 0.29) is 12.0 Å². The van der Waals surface area contributed by atoms with E-state index in [9.17, 15) is 4.79 Å². The third-order valence-electron chi connectivity index (χ3n) is 3.26. The van der Waals surface area contributed by atoms with Gasteiger partial charge < -0.3 is 15.4 Å². The Balaban J connectivity index is 1.99. The van der Waals surface area contributed by atoms with Gasteiger partial charge in [-0.3, -0.25) is 0 Å². The summed E-state index contributed by atoms with van der Waals surface area (Å²) in [4.78, 5) is 11.5. The highest BCUT2D eigenvalue weighted by molar-refractivity contribution is 7.80. The maximum absolute atomic E-state index is 11.5. The number of rotatable bonds is 4. The average Bonchev–Trinajstić information content (AvgIpc) is 2.54. The van der Waals surface area contributed by atoms with Crippen LogP contribution in [0.4, 0.5) is 5.69 Å². The summed E-state index contributed by atoms with van der Waals surface area (Å²) in [5, 5.41) is 7.41. The first-order valence-electron chi connectivity index (χ1n) is 7.01. The molecule has 2 aromatic rings. The molecule has 0 heterocycles. The molecule has 0 bridgehead atoms. The number of halogens is 1. The van der Waals surface area contributed by atoms with Gasteiger partial charge in [-0.15, -0.1) is 0 Å². The van der Waals surface area contributed by atoms with E-state index in [1.807, 2.05) is 37.3 Å². The van der Waals surface area contributed by atoms with E-state index in [0.717, 1.165) is 5.56 Å². The van der Waals surface area contributed by atoms with Crippen LogP contribution in [-0.4, -0.2) is 18.2 Å². The van der Waals surface area contributed by atoms with Gasteiger partial charge in [-0.1, -0.05) is 29.8 Å². The number of hydrogen-bond acceptors (Lipinski definition) is 3. The fourth-order valence-corrected chi connectivity index (χ4v) is 2.46. The molecule has 0 fully saturated rings. The maximum Gasteiger partial charge on any atom is 0.337 e. The van der Waals surface area contributed by atoms with Crippen molar-refractivity contribution in [3.05, 3.63) is 64.7 Å². The first kappa shape index (κ1) is 17.2. The lowest BCUT2D eigenvalue weighted by molar-refractivity contribution is 0.0601. The van der Waals surface area contributed by atoms with Crippen molar-refractivity contribution in [3.63, 3.8) is 0 Å². The third-order valence-corrected chi connectivity index (χ3v) is 3.73. The highest BCUT2D eigenvalue weighted by atomic mass is 35.5. The van der Waals surface area contributed by atoms with Gasteiger partial charge in [0, 0.05) is 10.7 Å². The Morgan fingerprint density at radius 1 is 1.22 bits per heavy atom. The predicted octanol–water partition coefficient (Wildman–Crippen LogP) is 4.17. The molecule has 6 heteroatoms. The molecule has 0 aliphatic carbocycles. The smallest absolute Gasteiger partial charge is 0.337 e. The third kappa shape index (κ3) is 4.94. The number of ether oxygens (including phenoxy) is 1. The molecule has 0 aliphatic rings. The molecule has 1 unspecified atom stereocenters. The van der Waals surface area contributed by atoms with Crippen LogP contribution in [0.25, 0.3) is 0 Å². The molecule has 2 N–H and O–H groups in total. The molecule has 4 nitrogen and oxygen atoms in total. The number of carbonyl (C=O) groups is 1. The zero-order valence-electron chi connectivity index (χ0n) is 12.8. The first-order valence-corrected chi connectivity index (χ1v) is 7.79. The van der Waals surface area contributed by atoms with Crippen LogP contribution < -0.4 is 10.6 Å². The number of benzene rings is 2. The van der Waals surface area contributed by atoms with Crippen LogP contribution in [0, 0.1) is 0 Å². The van der Waals surface area contributed by atoms with Gasteiger partial charge in [-0.05, 0) is 55.0 Å². The molecule has 0 saturated heterocycles. The van der Waals surface area contributed by atoms with Crippen LogP contribution >= 0.6 is 23.8 Å². The molecular formula is C17H17ClN2O2S. The van der Waals surface area contributed by atoms with Gasteiger partial charge in [0.2, 0.25) is 0 Å². The molecule has 1 atom stereocenters. The van der Waals surface area contributed by atoms with Gasteiger partial charge in [-0.2, -0.15) is 0 Å². The van der Waals surface area contributed by atoms with Gasteiger partial charge in [0.05, 0.1) is 18.7 Å². The average molecular weight is 349 g/mol. The predicted molar refractivity (Wildman–Crippen MR) is 97.0 cm³/mol. The Bertz CT molecular complexity index is 704. The first-order chi connectivity index (χ1) is 11.0. The van der Waals surface area contributed by atoms with Crippen molar-refractivity contribution in [2.75, 3.05) is 12.4 Å². The fourth-order valence-electron chi connectivity index (χ4n) is 2.04. The summed E-state index contributed by atoms with van der Waals surface area (Å²) in [7, 11) is 1.35. The largest absolute Gasteiger partial charge is 0.465 e. The van der Waals surface area contributed by atoms with Crippen LogP contribution in [-0.2, 0) is 4.74 Å². The second-order valence-corrected chi connectivity index (χ2v) is 5.79. The zero-order valence-corrected chi connectivity index (χ0v) is 14.4.